The van der Waals surface area contributed by atoms with E-state index in [1.807, 2.05) is 0 Å². The first-order valence-electron chi connectivity index (χ1n) is 8.00. The first kappa shape index (κ1) is 16.0. The molecule has 1 fully saturated rings. The summed E-state index contributed by atoms with van der Waals surface area (Å²) in [5, 5.41) is 18.3. The van der Waals surface area contributed by atoms with Gasteiger partial charge in [0.25, 0.3) is 0 Å². The van der Waals surface area contributed by atoms with Gasteiger partial charge in [-0.25, -0.2) is 9.59 Å². The summed E-state index contributed by atoms with van der Waals surface area (Å²) in [5.41, 5.74) is 1.81. The van der Waals surface area contributed by atoms with Crippen LogP contribution in [-0.2, 0) is 0 Å². The number of aromatic nitrogens is 1. The van der Waals surface area contributed by atoms with Crippen LogP contribution >= 0.6 is 0 Å². The van der Waals surface area contributed by atoms with Crippen molar-refractivity contribution >= 4 is 17.7 Å². The Bertz CT molecular complexity index is 718. The highest BCUT2D eigenvalue weighted by Crippen LogP contribution is 2.22. The van der Waals surface area contributed by atoms with E-state index in [-0.39, 0.29) is 17.8 Å². The predicted molar refractivity (Wildman–Crippen MR) is 87.9 cm³/mol. The fourth-order valence-corrected chi connectivity index (χ4v) is 2.84. The predicted octanol–water partition coefficient (Wildman–Crippen LogP) is 3.49. The van der Waals surface area contributed by atoms with Crippen molar-refractivity contribution < 1.29 is 19.2 Å². The summed E-state index contributed by atoms with van der Waals surface area (Å²) in [5.74, 6) is -1.37. The van der Waals surface area contributed by atoms with Gasteiger partial charge in [0.15, 0.2) is 0 Å². The summed E-state index contributed by atoms with van der Waals surface area (Å²) in [6.07, 6.45) is 5.63. The van der Waals surface area contributed by atoms with Crippen molar-refractivity contribution in [2.45, 2.75) is 38.1 Å². The first-order chi connectivity index (χ1) is 11.6. The summed E-state index contributed by atoms with van der Waals surface area (Å²) < 4.78 is 4.73. The highest BCUT2D eigenvalue weighted by atomic mass is 16.5. The lowest BCUT2D eigenvalue weighted by Gasteiger charge is -2.22. The molecular formula is C17H19N3O4. The Morgan fingerprint density at radius 2 is 1.83 bits per heavy atom. The lowest BCUT2D eigenvalue weighted by molar-refractivity contribution is 0.0652. The topological polar surface area (TPSA) is 104 Å². The highest BCUT2D eigenvalue weighted by Gasteiger charge is 2.16. The second-order valence-corrected chi connectivity index (χ2v) is 5.89. The Balaban J connectivity index is 1.59. The zero-order valence-corrected chi connectivity index (χ0v) is 13.1. The molecule has 1 aliphatic carbocycles. The maximum Gasteiger partial charge on any atom is 0.374 e. The number of anilines is 1. The van der Waals surface area contributed by atoms with Gasteiger partial charge in [-0.2, -0.15) is 0 Å². The third-order valence-corrected chi connectivity index (χ3v) is 4.10. The smallest absolute Gasteiger partial charge is 0.374 e. The summed E-state index contributed by atoms with van der Waals surface area (Å²) in [7, 11) is 0. The molecule has 3 N–H and O–H groups in total. The van der Waals surface area contributed by atoms with Crippen LogP contribution in [0.15, 0.2) is 34.9 Å². The molecule has 2 amide bonds. The van der Waals surface area contributed by atoms with Crippen LogP contribution in [0, 0.1) is 0 Å². The molecule has 0 atom stereocenters. The lowest BCUT2D eigenvalue weighted by Crippen LogP contribution is -2.38. The maximum atomic E-state index is 12.0. The molecule has 1 aliphatic rings. The maximum absolute atomic E-state index is 12.0. The zero-order valence-electron chi connectivity index (χ0n) is 13.1. The number of aromatic carboxylic acids is 1. The minimum Gasteiger partial charge on any atom is -0.475 e. The molecule has 0 unspecified atom stereocenters. The molecule has 1 heterocycles. The largest absolute Gasteiger partial charge is 0.475 e. The minimum atomic E-state index is -1.16. The second-order valence-electron chi connectivity index (χ2n) is 5.89. The Morgan fingerprint density at radius 3 is 2.46 bits per heavy atom. The average molecular weight is 329 g/mol. The van der Waals surface area contributed by atoms with Gasteiger partial charge < -0.3 is 20.3 Å². The molecule has 7 heteroatoms. The monoisotopic (exact) mass is 329 g/mol. The number of amides is 2. The van der Waals surface area contributed by atoms with Crippen molar-refractivity contribution in [3.8, 4) is 11.3 Å². The summed E-state index contributed by atoms with van der Waals surface area (Å²) >= 11 is 0. The summed E-state index contributed by atoms with van der Waals surface area (Å²) in [6, 6.07) is 8.39. The van der Waals surface area contributed by atoms with Gasteiger partial charge in [0, 0.05) is 23.4 Å². The zero-order chi connectivity index (χ0) is 16.9. The van der Waals surface area contributed by atoms with Crippen LogP contribution in [0.5, 0.6) is 0 Å². The van der Waals surface area contributed by atoms with Crippen LogP contribution in [-0.4, -0.2) is 28.3 Å². The lowest BCUT2D eigenvalue weighted by atomic mass is 9.96. The standard InChI is InChI=1S/C17H19N3O4/c21-16(22)15-10-14(20-24-15)11-6-8-13(9-7-11)19-17(23)18-12-4-2-1-3-5-12/h6-10,12H,1-5H2,(H,21,22)(H2,18,19,23). The molecule has 126 valence electrons. The van der Waals surface area contributed by atoms with Gasteiger partial charge in [-0.3, -0.25) is 0 Å². The first-order valence-corrected chi connectivity index (χ1v) is 8.00. The van der Waals surface area contributed by atoms with Crippen LogP contribution in [0.4, 0.5) is 10.5 Å². The summed E-state index contributed by atoms with van der Waals surface area (Å²) in [6.45, 7) is 0. The van der Waals surface area contributed by atoms with Crippen LogP contribution in [0.3, 0.4) is 0 Å². The molecule has 7 nitrogen and oxygen atoms in total. The molecule has 0 bridgehead atoms. The van der Waals surface area contributed by atoms with E-state index in [0.29, 0.717) is 16.9 Å². The number of benzene rings is 1. The van der Waals surface area contributed by atoms with E-state index in [1.165, 1.54) is 12.5 Å². The van der Waals surface area contributed by atoms with Crippen molar-refractivity contribution in [2.24, 2.45) is 0 Å². The van der Waals surface area contributed by atoms with Gasteiger partial charge in [-0.15, -0.1) is 0 Å². The Hall–Kier alpha value is -2.83. The van der Waals surface area contributed by atoms with E-state index in [9.17, 15) is 9.59 Å². The van der Waals surface area contributed by atoms with E-state index >= 15 is 0 Å². The Kier molecular flexibility index (Phi) is 4.79. The normalized spacial score (nSPS) is 15.0. The van der Waals surface area contributed by atoms with Crippen LogP contribution in [0.2, 0.25) is 0 Å². The molecule has 0 radical (unpaired) electrons. The second kappa shape index (κ2) is 7.16. The van der Waals surface area contributed by atoms with Gasteiger partial charge in [0.2, 0.25) is 5.76 Å². The van der Waals surface area contributed by atoms with Gasteiger partial charge in [0.1, 0.15) is 5.69 Å². The molecule has 0 saturated heterocycles. The number of rotatable bonds is 4. The van der Waals surface area contributed by atoms with Crippen molar-refractivity contribution in [3.05, 3.63) is 36.1 Å². The molecule has 1 aromatic heterocycles. The molecular weight excluding hydrogens is 310 g/mol. The summed E-state index contributed by atoms with van der Waals surface area (Å²) in [4.78, 5) is 22.8. The number of hydrogen-bond donors (Lipinski definition) is 3. The van der Waals surface area contributed by atoms with Crippen molar-refractivity contribution in [2.75, 3.05) is 5.32 Å². The number of nitrogens with one attached hydrogen (secondary N) is 2. The Labute approximate surface area is 139 Å². The molecule has 24 heavy (non-hydrogen) atoms. The number of carboxylic acid groups (broad SMARTS) is 1. The number of carbonyl (C=O) groups excluding carboxylic acids is 1. The molecule has 0 aliphatic heterocycles. The van der Waals surface area contributed by atoms with Gasteiger partial charge in [0.05, 0.1) is 0 Å². The van der Waals surface area contributed by atoms with Crippen LogP contribution < -0.4 is 10.6 Å². The SMILES string of the molecule is O=C(Nc1ccc(-c2cc(C(=O)O)on2)cc1)NC1CCCCC1. The fraction of sp³-hybridized carbons (Fsp3) is 0.353. The highest BCUT2D eigenvalue weighted by molar-refractivity contribution is 5.90. The fourth-order valence-electron chi connectivity index (χ4n) is 2.84. The van der Waals surface area contributed by atoms with Crippen molar-refractivity contribution in [1.29, 1.82) is 0 Å². The van der Waals surface area contributed by atoms with Crippen LogP contribution in [0.1, 0.15) is 42.7 Å². The molecule has 2 aromatic rings. The van der Waals surface area contributed by atoms with Gasteiger partial charge in [-0.1, -0.05) is 36.6 Å². The number of carboxylic acids is 1. The van der Waals surface area contributed by atoms with E-state index in [4.69, 9.17) is 9.63 Å². The minimum absolute atomic E-state index is 0.204. The van der Waals surface area contributed by atoms with Crippen molar-refractivity contribution in [1.82, 2.24) is 10.5 Å². The van der Waals surface area contributed by atoms with E-state index in [0.717, 1.165) is 25.7 Å². The van der Waals surface area contributed by atoms with E-state index in [1.54, 1.807) is 24.3 Å². The molecule has 1 aromatic carbocycles. The van der Waals surface area contributed by atoms with Crippen LogP contribution in [0.25, 0.3) is 11.3 Å². The quantitative estimate of drug-likeness (QED) is 0.796. The van der Waals surface area contributed by atoms with E-state index in [2.05, 4.69) is 15.8 Å². The average Bonchev–Trinajstić information content (AvgIpc) is 3.07. The Morgan fingerprint density at radius 1 is 1.12 bits per heavy atom. The number of carbonyl (C=O) groups is 2. The number of hydrogen-bond acceptors (Lipinski definition) is 4. The third-order valence-electron chi connectivity index (χ3n) is 4.10. The van der Waals surface area contributed by atoms with Gasteiger partial charge in [-0.05, 0) is 25.0 Å². The van der Waals surface area contributed by atoms with Crippen molar-refractivity contribution in [3.63, 3.8) is 0 Å². The number of nitrogens with zero attached hydrogens (tertiary/aromatic N) is 1. The molecule has 3 rings (SSSR count). The van der Waals surface area contributed by atoms with E-state index < -0.39 is 5.97 Å². The number of urea groups is 1. The molecule has 0 spiro atoms. The van der Waals surface area contributed by atoms with Gasteiger partial charge >= 0.3 is 12.0 Å². The molecule has 1 saturated carbocycles. The third kappa shape index (κ3) is 3.92.